The SMILES string of the molecule is COc1ccccc1Cn1ccnc1SCC(=O)NCc1ccc2c(c1)OCO2. The maximum atomic E-state index is 12.3. The summed E-state index contributed by atoms with van der Waals surface area (Å²) in [6.07, 6.45) is 3.64. The molecule has 0 radical (unpaired) electrons. The predicted molar refractivity (Wildman–Crippen MR) is 109 cm³/mol. The van der Waals surface area contributed by atoms with E-state index in [4.69, 9.17) is 14.2 Å². The highest BCUT2D eigenvalue weighted by Crippen LogP contribution is 2.32. The Morgan fingerprint density at radius 2 is 2.10 bits per heavy atom. The van der Waals surface area contributed by atoms with Gasteiger partial charge in [-0.1, -0.05) is 36.0 Å². The van der Waals surface area contributed by atoms with Crippen LogP contribution in [-0.2, 0) is 17.9 Å². The van der Waals surface area contributed by atoms with Crippen molar-refractivity contribution < 1.29 is 19.0 Å². The number of methoxy groups -OCH3 is 1. The van der Waals surface area contributed by atoms with Gasteiger partial charge in [-0.3, -0.25) is 4.79 Å². The third-order valence-electron chi connectivity index (χ3n) is 4.47. The molecular weight excluding hydrogens is 390 g/mol. The highest BCUT2D eigenvalue weighted by Gasteiger charge is 2.14. The highest BCUT2D eigenvalue weighted by molar-refractivity contribution is 7.99. The average molecular weight is 411 g/mol. The summed E-state index contributed by atoms with van der Waals surface area (Å²) in [4.78, 5) is 16.6. The summed E-state index contributed by atoms with van der Waals surface area (Å²) in [5.74, 6) is 2.51. The van der Waals surface area contributed by atoms with Crippen molar-refractivity contribution in [2.75, 3.05) is 19.7 Å². The molecule has 0 bridgehead atoms. The number of benzene rings is 2. The number of hydrogen-bond donors (Lipinski definition) is 1. The molecular formula is C21H21N3O4S. The number of nitrogens with zero attached hydrogens (tertiary/aromatic N) is 2. The third kappa shape index (κ3) is 4.65. The smallest absolute Gasteiger partial charge is 0.231 e. The number of fused-ring (bicyclic) bond motifs is 1. The molecule has 1 N–H and O–H groups in total. The van der Waals surface area contributed by atoms with E-state index in [-0.39, 0.29) is 18.5 Å². The van der Waals surface area contributed by atoms with Crippen molar-refractivity contribution in [2.45, 2.75) is 18.2 Å². The van der Waals surface area contributed by atoms with Gasteiger partial charge in [0, 0.05) is 24.5 Å². The van der Waals surface area contributed by atoms with Crippen LogP contribution in [0, 0.1) is 0 Å². The van der Waals surface area contributed by atoms with Crippen LogP contribution in [-0.4, -0.2) is 35.1 Å². The molecule has 0 spiro atoms. The molecule has 1 amide bonds. The van der Waals surface area contributed by atoms with Gasteiger partial charge in [-0.05, 0) is 23.8 Å². The monoisotopic (exact) mass is 411 g/mol. The first-order chi connectivity index (χ1) is 14.2. The topological polar surface area (TPSA) is 74.6 Å². The lowest BCUT2D eigenvalue weighted by Gasteiger charge is -2.11. The number of nitrogens with one attached hydrogen (secondary N) is 1. The third-order valence-corrected chi connectivity index (χ3v) is 5.47. The van der Waals surface area contributed by atoms with Gasteiger partial charge in [-0.15, -0.1) is 0 Å². The quantitative estimate of drug-likeness (QED) is 0.574. The van der Waals surface area contributed by atoms with Crippen molar-refractivity contribution >= 4 is 17.7 Å². The van der Waals surface area contributed by atoms with Crippen LogP contribution in [0.15, 0.2) is 60.0 Å². The first-order valence-corrected chi connectivity index (χ1v) is 10.1. The van der Waals surface area contributed by atoms with Gasteiger partial charge in [-0.25, -0.2) is 4.98 Å². The molecule has 2 heterocycles. The maximum absolute atomic E-state index is 12.3. The molecule has 0 saturated carbocycles. The van der Waals surface area contributed by atoms with Crippen LogP contribution in [0.1, 0.15) is 11.1 Å². The zero-order valence-corrected chi connectivity index (χ0v) is 16.8. The van der Waals surface area contributed by atoms with E-state index in [0.717, 1.165) is 27.8 Å². The fraction of sp³-hybridized carbons (Fsp3) is 0.238. The number of rotatable bonds is 8. The number of carbonyl (C=O) groups is 1. The summed E-state index contributed by atoms with van der Waals surface area (Å²) in [5, 5.41) is 3.71. The number of amides is 1. The summed E-state index contributed by atoms with van der Waals surface area (Å²) in [6.45, 7) is 1.31. The number of thioether (sulfide) groups is 1. The molecule has 0 aliphatic carbocycles. The van der Waals surface area contributed by atoms with Crippen molar-refractivity contribution in [1.82, 2.24) is 14.9 Å². The van der Waals surface area contributed by atoms with Gasteiger partial charge in [-0.2, -0.15) is 0 Å². The van der Waals surface area contributed by atoms with Gasteiger partial charge in [0.1, 0.15) is 5.75 Å². The van der Waals surface area contributed by atoms with E-state index in [1.165, 1.54) is 11.8 Å². The van der Waals surface area contributed by atoms with Crippen LogP contribution in [0.4, 0.5) is 0 Å². The highest BCUT2D eigenvalue weighted by atomic mass is 32.2. The minimum atomic E-state index is -0.0560. The molecule has 0 atom stereocenters. The average Bonchev–Trinajstić information content (AvgIpc) is 3.40. The summed E-state index contributed by atoms with van der Waals surface area (Å²) >= 11 is 1.40. The van der Waals surface area contributed by atoms with Gasteiger partial charge in [0.2, 0.25) is 12.7 Å². The lowest BCUT2D eigenvalue weighted by Crippen LogP contribution is -2.24. The van der Waals surface area contributed by atoms with Gasteiger partial charge in [0.05, 0.1) is 19.4 Å². The molecule has 150 valence electrons. The van der Waals surface area contributed by atoms with Crippen LogP contribution < -0.4 is 19.5 Å². The second-order valence-electron chi connectivity index (χ2n) is 6.40. The Morgan fingerprint density at radius 1 is 1.24 bits per heavy atom. The number of imidazole rings is 1. The largest absolute Gasteiger partial charge is 0.496 e. The fourth-order valence-corrected chi connectivity index (χ4v) is 3.79. The lowest BCUT2D eigenvalue weighted by molar-refractivity contribution is -0.118. The summed E-state index contributed by atoms with van der Waals surface area (Å²) in [5.41, 5.74) is 2.02. The molecule has 0 fully saturated rings. The summed E-state index contributed by atoms with van der Waals surface area (Å²) in [7, 11) is 1.66. The Labute approximate surface area is 173 Å². The van der Waals surface area contributed by atoms with Crippen LogP contribution in [0.25, 0.3) is 0 Å². The maximum Gasteiger partial charge on any atom is 0.231 e. The van der Waals surface area contributed by atoms with E-state index >= 15 is 0 Å². The Morgan fingerprint density at radius 3 is 3.00 bits per heavy atom. The molecule has 3 aromatic rings. The molecule has 29 heavy (non-hydrogen) atoms. The minimum absolute atomic E-state index is 0.0560. The Hall–Kier alpha value is -3.13. The summed E-state index contributed by atoms with van der Waals surface area (Å²) in [6, 6.07) is 13.5. The molecule has 1 aliphatic heterocycles. The van der Waals surface area contributed by atoms with Gasteiger partial charge in [0.15, 0.2) is 16.7 Å². The Balaban J connectivity index is 1.30. The van der Waals surface area contributed by atoms with Crippen molar-refractivity contribution in [3.8, 4) is 17.2 Å². The molecule has 8 heteroatoms. The number of para-hydroxylation sites is 1. The number of ether oxygens (including phenoxy) is 3. The van der Waals surface area contributed by atoms with Crippen LogP contribution >= 0.6 is 11.8 Å². The number of carbonyl (C=O) groups excluding carboxylic acids is 1. The zero-order valence-electron chi connectivity index (χ0n) is 16.0. The molecule has 0 saturated heterocycles. The predicted octanol–water partition coefficient (Wildman–Crippen LogP) is 3.08. The molecule has 0 unspecified atom stereocenters. The Kier molecular flexibility index (Phi) is 5.90. The number of aromatic nitrogens is 2. The zero-order chi connectivity index (χ0) is 20.1. The van der Waals surface area contributed by atoms with Crippen molar-refractivity contribution in [1.29, 1.82) is 0 Å². The van der Waals surface area contributed by atoms with E-state index in [2.05, 4.69) is 10.3 Å². The van der Waals surface area contributed by atoms with Gasteiger partial charge in [0.25, 0.3) is 0 Å². The van der Waals surface area contributed by atoms with E-state index in [1.54, 1.807) is 13.3 Å². The molecule has 7 nitrogen and oxygen atoms in total. The van der Waals surface area contributed by atoms with Crippen LogP contribution in [0.2, 0.25) is 0 Å². The second-order valence-corrected chi connectivity index (χ2v) is 7.35. The standard InChI is InChI=1S/C21H21N3O4S/c1-26-17-5-3-2-4-16(17)12-24-9-8-22-21(24)29-13-20(25)23-11-15-6-7-18-19(10-15)28-14-27-18/h2-10H,11-14H2,1H3,(H,23,25). The molecule has 1 aliphatic rings. The van der Waals surface area contributed by atoms with Crippen molar-refractivity contribution in [3.05, 3.63) is 66.0 Å². The summed E-state index contributed by atoms with van der Waals surface area (Å²) < 4.78 is 18.1. The molecule has 4 rings (SSSR count). The number of hydrogen-bond acceptors (Lipinski definition) is 6. The van der Waals surface area contributed by atoms with Crippen molar-refractivity contribution in [2.24, 2.45) is 0 Å². The molecule has 2 aromatic carbocycles. The Bertz CT molecular complexity index is 1010. The van der Waals surface area contributed by atoms with E-state index in [1.807, 2.05) is 53.2 Å². The van der Waals surface area contributed by atoms with E-state index < -0.39 is 0 Å². The minimum Gasteiger partial charge on any atom is -0.496 e. The van der Waals surface area contributed by atoms with Crippen LogP contribution in [0.5, 0.6) is 17.2 Å². The van der Waals surface area contributed by atoms with E-state index in [9.17, 15) is 4.79 Å². The normalized spacial score (nSPS) is 12.0. The first-order valence-electron chi connectivity index (χ1n) is 9.14. The fourth-order valence-electron chi connectivity index (χ4n) is 3.01. The van der Waals surface area contributed by atoms with Gasteiger partial charge < -0.3 is 24.1 Å². The van der Waals surface area contributed by atoms with Crippen LogP contribution in [0.3, 0.4) is 0 Å². The van der Waals surface area contributed by atoms with Gasteiger partial charge >= 0.3 is 0 Å². The van der Waals surface area contributed by atoms with E-state index in [0.29, 0.717) is 18.8 Å². The second kappa shape index (κ2) is 8.91. The lowest BCUT2D eigenvalue weighted by atomic mass is 10.2. The first kappa shape index (κ1) is 19.2. The molecule has 1 aromatic heterocycles. The van der Waals surface area contributed by atoms with Crippen molar-refractivity contribution in [3.63, 3.8) is 0 Å².